The third-order valence-corrected chi connectivity index (χ3v) is 12.4. The first kappa shape index (κ1) is 32.1. The zero-order valence-corrected chi connectivity index (χ0v) is 31.4. The molecular weight excluding hydrogens is 797 g/mol. The van der Waals surface area contributed by atoms with Gasteiger partial charge in [-0.05, 0) is 23.0 Å². The Labute approximate surface area is 291 Å². The number of benzene rings is 5. The van der Waals surface area contributed by atoms with Crippen molar-refractivity contribution in [2.75, 3.05) is 0 Å². The zero-order chi connectivity index (χ0) is 32.3. The van der Waals surface area contributed by atoms with E-state index in [1.54, 1.807) is 6.20 Å². The van der Waals surface area contributed by atoms with Gasteiger partial charge in [-0.15, -0.1) is 29.1 Å². The Morgan fingerprint density at radius 1 is 0.652 bits per heavy atom. The van der Waals surface area contributed by atoms with Crippen LogP contribution in [-0.2, 0) is 20.1 Å². The summed E-state index contributed by atoms with van der Waals surface area (Å²) in [7, 11) is 0. The predicted molar refractivity (Wildman–Crippen MR) is 195 cm³/mol. The average Bonchev–Trinajstić information content (AvgIpc) is 3.08. The van der Waals surface area contributed by atoms with Gasteiger partial charge in [-0.1, -0.05) is 72.6 Å². The summed E-state index contributed by atoms with van der Waals surface area (Å²) in [6.07, 6.45) is 3.83. The Morgan fingerprint density at radius 2 is 1.39 bits per heavy atom. The normalized spacial score (nSPS) is 11.7. The minimum Gasteiger partial charge on any atom is 0 e. The standard InChI is InChI=1S/C22H18N.C20H20GeN.Ir/c1-15(2)17-11-12-23-22(14-17)19-9-10-21-18(13-19)8-7-16-5-3-4-6-20(16)21;1-21(2,3)19-12-13-20(22-15-19)18-11-7-10-17(14-18)16-8-5-4-6-9-16;/h3-8,10-15H,1-2H3;4-10,12-15H,1-3H3;/q2*-1;/i15D;;. The van der Waals surface area contributed by atoms with Crippen LogP contribution < -0.4 is 4.40 Å². The van der Waals surface area contributed by atoms with Gasteiger partial charge in [0.25, 0.3) is 0 Å². The number of rotatable bonds is 5. The van der Waals surface area contributed by atoms with Gasteiger partial charge in [0.1, 0.15) is 0 Å². The van der Waals surface area contributed by atoms with E-state index in [9.17, 15) is 0 Å². The summed E-state index contributed by atoms with van der Waals surface area (Å²) in [6, 6.07) is 48.5. The molecule has 5 aromatic carbocycles. The topological polar surface area (TPSA) is 25.8 Å². The van der Waals surface area contributed by atoms with Crippen LogP contribution in [0.4, 0.5) is 0 Å². The molecular formula is C42H38GeIrN2-2. The molecule has 0 spiro atoms. The number of fused-ring (bicyclic) bond motifs is 3. The molecule has 0 bridgehead atoms. The van der Waals surface area contributed by atoms with E-state index in [2.05, 4.69) is 137 Å². The Balaban J connectivity index is 0.000000181. The third-order valence-electron chi connectivity index (χ3n) is 8.10. The summed E-state index contributed by atoms with van der Waals surface area (Å²) < 4.78 is 9.65. The minimum absolute atomic E-state index is 0. The average molecular weight is 837 g/mol. The summed E-state index contributed by atoms with van der Waals surface area (Å²) in [6.45, 7) is 3.78. The first-order chi connectivity index (χ1) is 22.1. The molecule has 4 heteroatoms. The second-order valence-electron chi connectivity index (χ2n) is 12.6. The van der Waals surface area contributed by atoms with Gasteiger partial charge in [-0.2, -0.15) is 0 Å². The maximum Gasteiger partial charge on any atom is 0 e. The van der Waals surface area contributed by atoms with Crippen LogP contribution in [0.15, 0.2) is 134 Å². The first-order valence-electron chi connectivity index (χ1n) is 15.9. The van der Waals surface area contributed by atoms with Crippen LogP contribution in [0, 0.1) is 12.1 Å². The van der Waals surface area contributed by atoms with E-state index in [0.29, 0.717) is 0 Å². The van der Waals surface area contributed by atoms with Crippen molar-refractivity contribution < 1.29 is 21.5 Å². The van der Waals surface area contributed by atoms with Crippen molar-refractivity contribution >= 4 is 39.2 Å². The van der Waals surface area contributed by atoms with Crippen LogP contribution >= 0.6 is 0 Å². The molecule has 0 aliphatic heterocycles. The summed E-state index contributed by atoms with van der Waals surface area (Å²) in [4.78, 5) is 9.14. The monoisotopic (exact) mass is 838 g/mol. The Kier molecular flexibility index (Phi) is 10.2. The fourth-order valence-corrected chi connectivity index (χ4v) is 7.58. The molecule has 0 amide bonds. The Hall–Kier alpha value is -3.89. The molecule has 7 rings (SSSR count). The Morgan fingerprint density at radius 3 is 2.13 bits per heavy atom. The third kappa shape index (κ3) is 7.73. The maximum absolute atomic E-state index is 8.22. The van der Waals surface area contributed by atoms with Gasteiger partial charge < -0.3 is 4.98 Å². The van der Waals surface area contributed by atoms with Crippen LogP contribution in [0.1, 0.15) is 26.7 Å². The summed E-state index contributed by atoms with van der Waals surface area (Å²) in [5.74, 6) is 6.53. The molecule has 2 nitrogen and oxygen atoms in total. The first-order valence-corrected chi connectivity index (χ1v) is 22.7. The van der Waals surface area contributed by atoms with Gasteiger partial charge in [0.05, 0.1) is 0 Å². The van der Waals surface area contributed by atoms with Crippen LogP contribution in [0.3, 0.4) is 0 Å². The van der Waals surface area contributed by atoms with Crippen molar-refractivity contribution in [3.05, 3.63) is 151 Å². The number of nitrogens with zero attached hydrogens (tertiary/aromatic N) is 2. The molecule has 0 atom stereocenters. The second kappa shape index (κ2) is 14.7. The maximum atomic E-state index is 8.22. The van der Waals surface area contributed by atoms with Gasteiger partial charge in [-0.25, -0.2) is 0 Å². The number of pyridine rings is 2. The molecule has 0 fully saturated rings. The number of aromatic nitrogens is 2. The van der Waals surface area contributed by atoms with Crippen molar-refractivity contribution in [3.8, 4) is 33.6 Å². The van der Waals surface area contributed by atoms with Crippen molar-refractivity contribution in [2.45, 2.75) is 37.0 Å². The molecule has 0 saturated heterocycles. The van der Waals surface area contributed by atoms with Crippen LogP contribution in [0.5, 0.6) is 0 Å². The number of hydrogen-bond acceptors (Lipinski definition) is 2. The van der Waals surface area contributed by atoms with Gasteiger partial charge in [-0.3, -0.25) is 0 Å². The van der Waals surface area contributed by atoms with Crippen molar-refractivity contribution in [1.82, 2.24) is 9.97 Å². The molecule has 0 aliphatic carbocycles. The van der Waals surface area contributed by atoms with Crippen LogP contribution in [-0.4, -0.2) is 23.2 Å². The van der Waals surface area contributed by atoms with Crippen molar-refractivity contribution in [1.29, 1.82) is 0 Å². The van der Waals surface area contributed by atoms with Crippen LogP contribution in [0.2, 0.25) is 17.3 Å². The molecule has 0 saturated carbocycles. The van der Waals surface area contributed by atoms with Crippen molar-refractivity contribution in [3.63, 3.8) is 0 Å². The zero-order valence-electron chi connectivity index (χ0n) is 27.9. The Bertz CT molecular complexity index is 2120. The van der Waals surface area contributed by atoms with E-state index in [1.165, 1.54) is 37.1 Å². The van der Waals surface area contributed by atoms with Gasteiger partial charge in [0.15, 0.2) is 0 Å². The van der Waals surface area contributed by atoms with Gasteiger partial charge in [0, 0.05) is 27.7 Å². The fraction of sp³-hybridized carbons (Fsp3) is 0.143. The van der Waals surface area contributed by atoms with E-state index in [0.717, 1.165) is 28.1 Å². The SMILES string of the molecule is [2H]C(C)(C)c1ccnc(-c2[c-]cc3c(ccc4ccccc43)c2)c1.[CH3][Ge]([CH3])([CH3])[c]1ccc(-c2[c-]ccc(-c3ccccc3)c2)nc1.[Ir]. The van der Waals surface area contributed by atoms with Crippen LogP contribution in [0.25, 0.3) is 55.2 Å². The van der Waals surface area contributed by atoms with Crippen molar-refractivity contribution in [2.24, 2.45) is 0 Å². The fourth-order valence-electron chi connectivity index (χ4n) is 5.40. The molecule has 2 heterocycles. The molecule has 46 heavy (non-hydrogen) atoms. The van der Waals surface area contributed by atoms with E-state index < -0.39 is 19.2 Å². The largest absolute Gasteiger partial charge is 0 e. The summed E-state index contributed by atoms with van der Waals surface area (Å²) >= 11 is -1.79. The molecule has 0 aliphatic rings. The molecule has 1 radical (unpaired) electrons. The molecule has 0 unspecified atom stereocenters. The van der Waals surface area contributed by atoms with Gasteiger partial charge in [0.2, 0.25) is 0 Å². The smallest absolute Gasteiger partial charge is 0 e. The number of hydrogen-bond donors (Lipinski definition) is 0. The molecule has 2 aromatic heterocycles. The minimum atomic E-state index is -1.79. The van der Waals surface area contributed by atoms with E-state index in [1.807, 2.05) is 44.2 Å². The van der Waals surface area contributed by atoms with Gasteiger partial charge >= 0.3 is 135 Å². The van der Waals surface area contributed by atoms with E-state index in [4.69, 9.17) is 1.37 Å². The molecule has 0 N–H and O–H groups in total. The predicted octanol–water partition coefficient (Wildman–Crippen LogP) is 10.7. The van der Waals surface area contributed by atoms with E-state index in [-0.39, 0.29) is 20.1 Å². The summed E-state index contributed by atoms with van der Waals surface area (Å²) in [5, 5.41) is 4.86. The molecule has 7 aromatic rings. The quantitative estimate of drug-likeness (QED) is 0.0981. The summed E-state index contributed by atoms with van der Waals surface area (Å²) in [5.41, 5.74) is 7.25. The second-order valence-corrected chi connectivity index (χ2v) is 23.3. The molecule has 231 valence electrons. The van der Waals surface area contributed by atoms with E-state index >= 15 is 0 Å².